The molecule has 6 aromatic carbocycles. The van der Waals surface area contributed by atoms with E-state index in [-0.39, 0.29) is 21.3 Å². The van der Waals surface area contributed by atoms with Gasteiger partial charge in [0.05, 0.1) is 21.3 Å². The van der Waals surface area contributed by atoms with Crippen molar-refractivity contribution in [3.05, 3.63) is 194 Å². The second-order valence-corrected chi connectivity index (χ2v) is 26.3. The zero-order valence-corrected chi connectivity index (χ0v) is 47.0. The maximum Gasteiger partial charge on any atom is 0.181 e. The van der Waals surface area contributed by atoms with Crippen molar-refractivity contribution in [3.63, 3.8) is 0 Å². The van der Waals surface area contributed by atoms with Gasteiger partial charge in [-0.15, -0.1) is 34.0 Å². The van der Waals surface area contributed by atoms with E-state index in [1.54, 1.807) is 0 Å². The highest BCUT2D eigenvalue weighted by Gasteiger charge is 2.37. The fourth-order valence-corrected chi connectivity index (χ4v) is 18.1. The van der Waals surface area contributed by atoms with Crippen LogP contribution in [0.3, 0.4) is 0 Å². The molecule has 9 aromatic rings. The van der Waals surface area contributed by atoms with Crippen LogP contribution in [0.15, 0.2) is 204 Å². The second-order valence-electron chi connectivity index (χ2n) is 19.0. The lowest BCUT2D eigenvalue weighted by atomic mass is 10.1. The highest BCUT2D eigenvalue weighted by molar-refractivity contribution is 7.95. The minimum Gasteiger partial charge on any atom is -0.311 e. The lowest BCUT2D eigenvalue weighted by Crippen LogP contribution is -2.15. The van der Waals surface area contributed by atoms with E-state index >= 15 is 16.8 Å². The van der Waals surface area contributed by atoms with Gasteiger partial charge in [-0.2, -0.15) is 0 Å². The maximum atomic E-state index is 15.1. The highest BCUT2D eigenvalue weighted by Crippen LogP contribution is 2.52. The summed E-state index contributed by atoms with van der Waals surface area (Å²) in [6, 6.07) is 66.1. The third kappa shape index (κ3) is 13.1. The van der Waals surface area contributed by atoms with Gasteiger partial charge in [0.2, 0.25) is 0 Å². The van der Waals surface area contributed by atoms with E-state index in [2.05, 4.69) is 121 Å². The molecule has 386 valence electrons. The zero-order chi connectivity index (χ0) is 52.0. The number of thiophene rings is 3. The summed E-state index contributed by atoms with van der Waals surface area (Å²) in [5.74, 6) is -0.211. The van der Waals surface area contributed by atoms with Crippen LogP contribution in [0.1, 0.15) is 90.9 Å². The maximum absolute atomic E-state index is 15.1. The van der Waals surface area contributed by atoms with Crippen molar-refractivity contribution in [1.29, 1.82) is 0 Å². The van der Waals surface area contributed by atoms with Crippen LogP contribution in [0.5, 0.6) is 0 Å². The number of hydrogen-bond donors (Lipinski definition) is 0. The van der Waals surface area contributed by atoms with Gasteiger partial charge in [-0.1, -0.05) is 175 Å². The molecule has 3 heterocycles. The van der Waals surface area contributed by atoms with Gasteiger partial charge in [-0.05, 0) is 121 Å². The number of rotatable bonds is 26. The molecule has 6 nitrogen and oxygen atoms in total. The number of hydrogen-bond acceptors (Lipinski definition) is 9. The molecule has 3 aromatic heterocycles. The Balaban J connectivity index is 1.11. The number of sulfone groups is 2. The van der Waals surface area contributed by atoms with Crippen molar-refractivity contribution in [2.45, 2.75) is 101 Å². The van der Waals surface area contributed by atoms with E-state index in [9.17, 15) is 0 Å². The van der Waals surface area contributed by atoms with Crippen molar-refractivity contribution in [1.82, 2.24) is 0 Å². The molecular formula is C64H66N2O4S5. The molecule has 9 rings (SSSR count). The van der Waals surface area contributed by atoms with E-state index in [4.69, 9.17) is 0 Å². The van der Waals surface area contributed by atoms with E-state index < -0.39 is 19.7 Å². The molecule has 0 unspecified atom stereocenters. The van der Waals surface area contributed by atoms with Crippen LogP contribution < -0.4 is 9.80 Å². The predicted octanol–water partition coefficient (Wildman–Crippen LogP) is 19.7. The molecule has 0 saturated carbocycles. The fraction of sp³-hybridized carbons (Fsp3) is 0.250. The number of anilines is 6. The Labute approximate surface area is 457 Å². The lowest BCUT2D eigenvalue weighted by molar-refractivity contribution is 0.573. The average Bonchev–Trinajstić information content (AvgIpc) is 4.28. The second kappa shape index (κ2) is 25.6. The topological polar surface area (TPSA) is 74.8 Å². The Morgan fingerprint density at radius 1 is 0.307 bits per heavy atom. The Morgan fingerprint density at radius 2 is 0.587 bits per heavy atom. The smallest absolute Gasteiger partial charge is 0.181 e. The molecule has 0 spiro atoms. The first-order valence-electron chi connectivity index (χ1n) is 26.5. The standard InChI is InChI=1S/C64H66N2O4S5/c1-3-5-7-9-11-25-47-74(67,68)63-61(59-45-43-57(71-59)49-35-39-55(40-36-49)65(51-27-17-13-18-28-51)52-29-19-14-20-30-52)73-62(64(63)75(69,70)48-26-12-10-8-6-4-2)60-46-44-58(72-60)50-37-41-56(42-38-50)66(53-31-21-15-22-32-53)54-33-23-16-24-34-54/h13-24,27-46H,3-12,25-26,47-48H2,1-2H3. The molecule has 0 aliphatic rings. The van der Waals surface area contributed by atoms with E-state index in [0.717, 1.165) is 129 Å². The van der Waals surface area contributed by atoms with Crippen molar-refractivity contribution >= 4 is 87.8 Å². The molecule has 0 aliphatic heterocycles. The Hall–Kier alpha value is -6.08. The quantitative estimate of drug-likeness (QED) is 0.0503. The molecule has 0 saturated heterocycles. The minimum absolute atomic E-state index is 0.0200. The first kappa shape index (κ1) is 53.7. The largest absolute Gasteiger partial charge is 0.311 e. The predicted molar refractivity (Wildman–Crippen MR) is 322 cm³/mol. The third-order valence-electron chi connectivity index (χ3n) is 13.5. The van der Waals surface area contributed by atoms with Crippen molar-refractivity contribution in [3.8, 4) is 40.4 Å². The monoisotopic (exact) mass is 1090 g/mol. The van der Waals surface area contributed by atoms with Gasteiger partial charge in [-0.25, -0.2) is 16.8 Å². The van der Waals surface area contributed by atoms with Gasteiger partial charge >= 0.3 is 0 Å². The summed E-state index contributed by atoms with van der Waals surface area (Å²) in [4.78, 5) is 8.83. The van der Waals surface area contributed by atoms with Crippen LogP contribution in [0.4, 0.5) is 34.1 Å². The van der Waals surface area contributed by atoms with Crippen LogP contribution in [0.2, 0.25) is 0 Å². The summed E-state index contributed by atoms with van der Waals surface area (Å²) in [5.41, 5.74) is 8.18. The van der Waals surface area contributed by atoms with Gasteiger partial charge in [0, 0.05) is 53.6 Å². The first-order chi connectivity index (χ1) is 36.6. The van der Waals surface area contributed by atoms with Crippen LogP contribution in [0.25, 0.3) is 40.4 Å². The molecule has 0 atom stereocenters. The van der Waals surface area contributed by atoms with Crippen molar-refractivity contribution < 1.29 is 16.8 Å². The third-order valence-corrected chi connectivity index (χ3v) is 21.4. The van der Waals surface area contributed by atoms with Gasteiger partial charge < -0.3 is 9.80 Å². The summed E-state index contributed by atoms with van der Waals surface area (Å²) in [7, 11) is -8.14. The van der Waals surface area contributed by atoms with Gasteiger partial charge in [-0.3, -0.25) is 0 Å². The normalized spacial score (nSPS) is 11.8. The van der Waals surface area contributed by atoms with Gasteiger partial charge in [0.15, 0.2) is 19.7 Å². The molecule has 11 heteroatoms. The summed E-state index contributed by atoms with van der Waals surface area (Å²) in [6.07, 6.45) is 10.9. The van der Waals surface area contributed by atoms with E-state index in [0.29, 0.717) is 22.6 Å². The van der Waals surface area contributed by atoms with Gasteiger partial charge in [0.25, 0.3) is 0 Å². The number of nitrogens with zero attached hydrogens (tertiary/aromatic N) is 2. The minimum atomic E-state index is -4.07. The fourth-order valence-electron chi connectivity index (χ4n) is 9.62. The molecule has 0 fully saturated rings. The Morgan fingerprint density at radius 3 is 0.907 bits per heavy atom. The van der Waals surface area contributed by atoms with Crippen molar-refractivity contribution in [2.75, 3.05) is 21.3 Å². The van der Waals surface area contributed by atoms with Crippen LogP contribution in [0, 0.1) is 0 Å². The number of benzene rings is 6. The molecular weight excluding hydrogens is 1020 g/mol. The Kier molecular flexibility index (Phi) is 18.4. The van der Waals surface area contributed by atoms with Gasteiger partial charge in [0.1, 0.15) is 9.79 Å². The molecule has 0 amide bonds. The molecule has 0 aliphatic carbocycles. The lowest BCUT2D eigenvalue weighted by Gasteiger charge is -2.25. The summed E-state index contributed by atoms with van der Waals surface area (Å²) in [5, 5.41) is 0. The SMILES string of the molecule is CCCCCCCCS(=O)(=O)c1c(-c2ccc(-c3ccc(N(c4ccccc4)c4ccccc4)cc3)s2)sc(-c2ccc(-c3ccc(N(c4ccccc4)c4ccccc4)cc3)s2)c1S(=O)(=O)CCCCCCCC. The summed E-state index contributed by atoms with van der Waals surface area (Å²) >= 11 is 4.34. The van der Waals surface area contributed by atoms with Crippen LogP contribution in [-0.2, 0) is 19.7 Å². The number of para-hydroxylation sites is 4. The average molecular weight is 1090 g/mol. The summed E-state index contributed by atoms with van der Waals surface area (Å²) in [6.45, 7) is 4.34. The Bertz CT molecular complexity index is 3120. The van der Waals surface area contributed by atoms with Crippen LogP contribution >= 0.6 is 34.0 Å². The molecule has 0 N–H and O–H groups in total. The van der Waals surface area contributed by atoms with E-state index in [1.807, 2.05) is 97.1 Å². The molecule has 0 bridgehead atoms. The summed E-state index contributed by atoms with van der Waals surface area (Å²) < 4.78 is 60.6. The zero-order valence-electron chi connectivity index (χ0n) is 42.9. The van der Waals surface area contributed by atoms with Crippen LogP contribution in [-0.4, -0.2) is 28.3 Å². The first-order valence-corrected chi connectivity index (χ1v) is 32.2. The van der Waals surface area contributed by atoms with Crippen molar-refractivity contribution in [2.24, 2.45) is 0 Å². The number of unbranched alkanes of at least 4 members (excludes halogenated alkanes) is 10. The van der Waals surface area contributed by atoms with E-state index in [1.165, 1.54) is 34.0 Å². The molecule has 0 radical (unpaired) electrons. The molecule has 75 heavy (non-hydrogen) atoms. The highest BCUT2D eigenvalue weighted by atomic mass is 32.2.